The number of aromatic nitrogens is 2. The fourth-order valence-electron chi connectivity index (χ4n) is 0.924. The number of amides is 2. The standard InChI is InChI=1S/C9H12N4O2S/c1-2-3-8-12-13-9(16-8)11-7(15)5-4-6(10)14/h4-5H,2-3H2,1H3,(H2,10,14)(H,11,13,15)/b5-4+. The van der Waals surface area contributed by atoms with Gasteiger partial charge in [-0.2, -0.15) is 0 Å². The van der Waals surface area contributed by atoms with Crippen LogP contribution >= 0.6 is 11.3 Å². The van der Waals surface area contributed by atoms with Gasteiger partial charge >= 0.3 is 0 Å². The summed E-state index contributed by atoms with van der Waals surface area (Å²) in [5.74, 6) is -1.11. The minimum absolute atomic E-state index is 0.419. The highest BCUT2D eigenvalue weighted by Gasteiger charge is 2.05. The smallest absolute Gasteiger partial charge is 0.250 e. The van der Waals surface area contributed by atoms with Gasteiger partial charge in [-0.1, -0.05) is 18.3 Å². The number of rotatable bonds is 5. The van der Waals surface area contributed by atoms with Crippen LogP contribution in [-0.4, -0.2) is 22.0 Å². The van der Waals surface area contributed by atoms with Crippen LogP contribution in [0.1, 0.15) is 18.4 Å². The van der Waals surface area contributed by atoms with Crippen molar-refractivity contribution in [3.63, 3.8) is 0 Å². The topological polar surface area (TPSA) is 98.0 Å². The van der Waals surface area contributed by atoms with Gasteiger partial charge in [-0.15, -0.1) is 10.2 Å². The van der Waals surface area contributed by atoms with Gasteiger partial charge in [-0.05, 0) is 6.42 Å². The number of nitrogens with one attached hydrogen (secondary N) is 1. The molecule has 0 fully saturated rings. The summed E-state index contributed by atoms with van der Waals surface area (Å²) in [6.07, 6.45) is 3.86. The highest BCUT2D eigenvalue weighted by Crippen LogP contribution is 2.16. The van der Waals surface area contributed by atoms with Crippen molar-refractivity contribution in [3.8, 4) is 0 Å². The molecule has 0 aliphatic heterocycles. The number of aryl methyl sites for hydroxylation is 1. The van der Waals surface area contributed by atoms with E-state index in [9.17, 15) is 9.59 Å². The molecule has 86 valence electrons. The molecule has 0 saturated heterocycles. The van der Waals surface area contributed by atoms with Gasteiger partial charge in [0.25, 0.3) is 0 Å². The molecule has 0 aliphatic carbocycles. The molecule has 0 aliphatic rings. The lowest BCUT2D eigenvalue weighted by Crippen LogP contribution is -2.11. The van der Waals surface area contributed by atoms with Crippen LogP contribution in [0.15, 0.2) is 12.2 Å². The monoisotopic (exact) mass is 240 g/mol. The molecule has 0 atom stereocenters. The van der Waals surface area contributed by atoms with Crippen LogP contribution < -0.4 is 11.1 Å². The molecule has 2 amide bonds. The lowest BCUT2D eigenvalue weighted by Gasteiger charge is -1.93. The van der Waals surface area contributed by atoms with E-state index < -0.39 is 11.8 Å². The zero-order valence-electron chi connectivity index (χ0n) is 8.77. The fraction of sp³-hybridized carbons (Fsp3) is 0.333. The van der Waals surface area contributed by atoms with Crippen LogP contribution in [0.2, 0.25) is 0 Å². The van der Waals surface area contributed by atoms with E-state index in [2.05, 4.69) is 15.5 Å². The Morgan fingerprint density at radius 1 is 1.44 bits per heavy atom. The number of hydrogen-bond donors (Lipinski definition) is 2. The minimum Gasteiger partial charge on any atom is -0.366 e. The van der Waals surface area contributed by atoms with Crippen molar-refractivity contribution >= 4 is 28.3 Å². The van der Waals surface area contributed by atoms with Crippen molar-refractivity contribution in [3.05, 3.63) is 17.2 Å². The highest BCUT2D eigenvalue weighted by molar-refractivity contribution is 7.15. The third-order valence-electron chi connectivity index (χ3n) is 1.56. The van der Waals surface area contributed by atoms with Crippen molar-refractivity contribution in [1.82, 2.24) is 10.2 Å². The summed E-state index contributed by atoms with van der Waals surface area (Å²) in [4.78, 5) is 21.6. The van der Waals surface area contributed by atoms with Crippen LogP contribution in [0, 0.1) is 0 Å². The van der Waals surface area contributed by atoms with E-state index >= 15 is 0 Å². The molecule has 0 saturated carbocycles. The third kappa shape index (κ3) is 4.18. The van der Waals surface area contributed by atoms with Gasteiger partial charge in [0.1, 0.15) is 5.01 Å². The average Bonchev–Trinajstić information content (AvgIpc) is 2.63. The molecule has 0 radical (unpaired) electrons. The minimum atomic E-state index is -0.668. The first-order chi connectivity index (χ1) is 7.61. The second kappa shape index (κ2) is 5.96. The van der Waals surface area contributed by atoms with Gasteiger partial charge in [-0.3, -0.25) is 14.9 Å². The second-order valence-electron chi connectivity index (χ2n) is 2.98. The SMILES string of the molecule is CCCc1nnc(NC(=O)/C=C/C(N)=O)s1. The maximum Gasteiger partial charge on any atom is 0.250 e. The van der Waals surface area contributed by atoms with Crippen molar-refractivity contribution in [2.75, 3.05) is 5.32 Å². The molecule has 6 nitrogen and oxygen atoms in total. The van der Waals surface area contributed by atoms with Crippen molar-refractivity contribution < 1.29 is 9.59 Å². The lowest BCUT2D eigenvalue weighted by atomic mass is 10.4. The van der Waals surface area contributed by atoms with Gasteiger partial charge in [0.2, 0.25) is 16.9 Å². The summed E-state index contributed by atoms with van der Waals surface area (Å²) in [6.45, 7) is 2.04. The van der Waals surface area contributed by atoms with E-state index in [4.69, 9.17) is 5.73 Å². The average molecular weight is 240 g/mol. The largest absolute Gasteiger partial charge is 0.366 e. The first-order valence-corrected chi connectivity index (χ1v) is 5.54. The zero-order chi connectivity index (χ0) is 12.0. The predicted octanol–water partition coefficient (Wildman–Crippen LogP) is 0.471. The number of anilines is 1. The number of nitrogens with zero attached hydrogens (tertiary/aromatic N) is 2. The molecule has 1 aromatic heterocycles. The Morgan fingerprint density at radius 2 is 2.19 bits per heavy atom. The summed E-state index contributed by atoms with van der Waals surface area (Å²) < 4.78 is 0. The predicted molar refractivity (Wildman–Crippen MR) is 60.9 cm³/mol. The molecule has 0 bridgehead atoms. The van der Waals surface area contributed by atoms with Crippen LogP contribution in [0.5, 0.6) is 0 Å². The molecule has 7 heteroatoms. The van der Waals surface area contributed by atoms with Crippen LogP contribution in [0.25, 0.3) is 0 Å². The maximum absolute atomic E-state index is 11.2. The number of carbonyl (C=O) groups excluding carboxylic acids is 2. The van der Waals surface area contributed by atoms with Gasteiger partial charge < -0.3 is 5.73 Å². The Kier molecular flexibility index (Phi) is 4.59. The van der Waals surface area contributed by atoms with Crippen molar-refractivity contribution in [2.24, 2.45) is 5.73 Å². The number of carbonyl (C=O) groups is 2. The molecule has 1 rings (SSSR count). The summed E-state index contributed by atoms with van der Waals surface area (Å²) in [7, 11) is 0. The Labute approximate surface area is 96.6 Å². The normalized spacial score (nSPS) is 10.6. The fourth-order valence-corrected chi connectivity index (χ4v) is 1.77. The number of nitrogens with two attached hydrogens (primary N) is 1. The van der Waals surface area contributed by atoms with Gasteiger partial charge in [-0.25, -0.2) is 0 Å². The second-order valence-corrected chi connectivity index (χ2v) is 4.04. The molecule has 0 unspecified atom stereocenters. The van der Waals surface area contributed by atoms with Gasteiger partial charge in [0.15, 0.2) is 0 Å². The Balaban J connectivity index is 2.52. The van der Waals surface area contributed by atoms with Gasteiger partial charge in [0.05, 0.1) is 0 Å². The zero-order valence-corrected chi connectivity index (χ0v) is 9.58. The van der Waals surface area contributed by atoms with Crippen LogP contribution in [0.4, 0.5) is 5.13 Å². The van der Waals surface area contributed by atoms with Gasteiger partial charge in [0, 0.05) is 18.6 Å². The molecule has 16 heavy (non-hydrogen) atoms. The highest BCUT2D eigenvalue weighted by atomic mass is 32.1. The lowest BCUT2D eigenvalue weighted by molar-refractivity contribution is -0.115. The molecule has 1 aromatic rings. The van der Waals surface area contributed by atoms with Crippen LogP contribution in [-0.2, 0) is 16.0 Å². The third-order valence-corrected chi connectivity index (χ3v) is 2.46. The maximum atomic E-state index is 11.2. The van der Waals surface area contributed by atoms with E-state index in [0.29, 0.717) is 5.13 Å². The Hall–Kier alpha value is -1.76. The van der Waals surface area contributed by atoms with Crippen LogP contribution in [0.3, 0.4) is 0 Å². The number of primary amides is 1. The molecule has 1 heterocycles. The summed E-state index contributed by atoms with van der Waals surface area (Å²) in [5.41, 5.74) is 4.85. The number of hydrogen-bond acceptors (Lipinski definition) is 5. The molecular weight excluding hydrogens is 228 g/mol. The summed E-state index contributed by atoms with van der Waals surface area (Å²) in [5, 5.41) is 11.5. The van der Waals surface area contributed by atoms with Crippen molar-refractivity contribution in [2.45, 2.75) is 19.8 Å². The van der Waals surface area contributed by atoms with E-state index in [1.165, 1.54) is 11.3 Å². The first-order valence-electron chi connectivity index (χ1n) is 4.72. The molecule has 0 aromatic carbocycles. The summed E-state index contributed by atoms with van der Waals surface area (Å²) >= 11 is 1.32. The van der Waals surface area contributed by atoms with E-state index in [1.807, 2.05) is 6.92 Å². The van der Waals surface area contributed by atoms with E-state index in [-0.39, 0.29) is 0 Å². The van der Waals surface area contributed by atoms with Crippen molar-refractivity contribution in [1.29, 1.82) is 0 Å². The quantitative estimate of drug-likeness (QED) is 0.731. The summed E-state index contributed by atoms with van der Waals surface area (Å²) in [6, 6.07) is 0. The Morgan fingerprint density at radius 3 is 2.81 bits per heavy atom. The molecule has 3 N–H and O–H groups in total. The first kappa shape index (κ1) is 12.3. The molecular formula is C9H12N4O2S. The van der Waals surface area contributed by atoms with E-state index in [0.717, 1.165) is 30.0 Å². The Bertz CT molecular complexity index is 413. The van der Waals surface area contributed by atoms with E-state index in [1.54, 1.807) is 0 Å². The molecule has 0 spiro atoms.